The summed E-state index contributed by atoms with van der Waals surface area (Å²) in [6.07, 6.45) is 0. The van der Waals surface area contributed by atoms with Crippen molar-refractivity contribution < 1.29 is 0 Å². The molecule has 1 heterocycles. The summed E-state index contributed by atoms with van der Waals surface area (Å²) in [6.45, 7) is 4.35. The zero-order valence-electron chi connectivity index (χ0n) is 9.94. The van der Waals surface area contributed by atoms with Crippen LogP contribution < -0.4 is 5.73 Å². The number of nitrogens with two attached hydrogens (primary N) is 1. The van der Waals surface area contributed by atoms with Gasteiger partial charge in [0, 0.05) is 22.7 Å². The number of halogens is 1. The summed E-state index contributed by atoms with van der Waals surface area (Å²) in [5.74, 6) is 1.24. The largest absolute Gasteiger partial charge is 0.382 e. The topological polar surface area (TPSA) is 54.7 Å². The van der Waals surface area contributed by atoms with Gasteiger partial charge in [-0.05, 0) is 23.6 Å². The molecule has 1 aromatic heterocycles. The molecular formula is C13H16ClN3. The average Bonchev–Trinajstić information content (AvgIpc) is 2.68. The molecule has 0 spiro atoms. The van der Waals surface area contributed by atoms with Crippen LogP contribution in [0.3, 0.4) is 0 Å². The first-order valence-corrected chi connectivity index (χ1v) is 6.02. The predicted molar refractivity (Wildman–Crippen MR) is 71.1 cm³/mol. The van der Waals surface area contributed by atoms with Crippen LogP contribution in [0.2, 0.25) is 5.02 Å². The molecule has 1 aromatic carbocycles. The Bertz CT molecular complexity index is 488. The molecule has 0 aliphatic heterocycles. The Hall–Kier alpha value is -1.48. The Balaban J connectivity index is 2.39. The zero-order valence-corrected chi connectivity index (χ0v) is 10.7. The zero-order chi connectivity index (χ0) is 12.4. The van der Waals surface area contributed by atoms with Gasteiger partial charge >= 0.3 is 0 Å². The van der Waals surface area contributed by atoms with Gasteiger partial charge in [-0.3, -0.25) is 5.10 Å². The van der Waals surface area contributed by atoms with Crippen LogP contribution in [0.15, 0.2) is 30.3 Å². The van der Waals surface area contributed by atoms with E-state index >= 15 is 0 Å². The number of nitrogens with zero attached hydrogens (tertiary/aromatic N) is 1. The van der Waals surface area contributed by atoms with Crippen LogP contribution >= 0.6 is 11.6 Å². The second-order valence-electron chi connectivity index (χ2n) is 4.52. The molecule has 0 bridgehead atoms. The fourth-order valence-electron chi connectivity index (χ4n) is 2.11. The van der Waals surface area contributed by atoms with Crippen molar-refractivity contribution in [3.8, 4) is 0 Å². The minimum absolute atomic E-state index is 0.261. The van der Waals surface area contributed by atoms with E-state index in [9.17, 15) is 0 Å². The van der Waals surface area contributed by atoms with E-state index in [2.05, 4.69) is 24.0 Å². The molecule has 1 atom stereocenters. The van der Waals surface area contributed by atoms with E-state index in [4.69, 9.17) is 17.3 Å². The van der Waals surface area contributed by atoms with Crippen molar-refractivity contribution in [1.82, 2.24) is 10.2 Å². The molecule has 4 heteroatoms. The molecule has 0 radical (unpaired) electrons. The maximum Gasteiger partial charge on any atom is 0.145 e. The van der Waals surface area contributed by atoms with Crippen LogP contribution in [0.1, 0.15) is 31.0 Å². The van der Waals surface area contributed by atoms with Crippen molar-refractivity contribution >= 4 is 17.4 Å². The summed E-state index contributed by atoms with van der Waals surface area (Å²) in [4.78, 5) is 0. The lowest BCUT2D eigenvalue weighted by molar-refractivity contribution is 0.551. The van der Waals surface area contributed by atoms with E-state index in [1.54, 1.807) is 0 Å². The minimum atomic E-state index is 0.261. The number of hydrogen-bond donors (Lipinski definition) is 2. The highest BCUT2D eigenvalue weighted by Crippen LogP contribution is 2.31. The number of hydrogen-bond acceptors (Lipinski definition) is 2. The Labute approximate surface area is 106 Å². The monoisotopic (exact) mass is 249 g/mol. The number of aromatic nitrogens is 2. The van der Waals surface area contributed by atoms with Gasteiger partial charge in [0.25, 0.3) is 0 Å². The van der Waals surface area contributed by atoms with Crippen LogP contribution in [0, 0.1) is 5.92 Å². The molecule has 0 fully saturated rings. The fourth-order valence-corrected chi connectivity index (χ4v) is 2.23. The molecule has 2 rings (SSSR count). The molecule has 2 aromatic rings. The number of benzene rings is 1. The molecule has 90 valence electrons. The van der Waals surface area contributed by atoms with Gasteiger partial charge in [-0.1, -0.05) is 37.6 Å². The molecule has 3 N–H and O–H groups in total. The molecule has 0 saturated carbocycles. The summed E-state index contributed by atoms with van der Waals surface area (Å²) in [6, 6.07) is 9.80. The Morgan fingerprint density at radius 1 is 1.24 bits per heavy atom. The van der Waals surface area contributed by atoms with E-state index in [1.807, 2.05) is 30.3 Å². The van der Waals surface area contributed by atoms with Crippen molar-refractivity contribution in [3.63, 3.8) is 0 Å². The van der Waals surface area contributed by atoms with E-state index in [1.165, 1.54) is 5.56 Å². The first kappa shape index (κ1) is 12.0. The summed E-state index contributed by atoms with van der Waals surface area (Å²) < 4.78 is 0. The lowest BCUT2D eigenvalue weighted by Gasteiger charge is -2.19. The maximum atomic E-state index is 5.91. The quantitative estimate of drug-likeness (QED) is 0.876. The van der Waals surface area contributed by atoms with Gasteiger partial charge in [0.1, 0.15) is 5.82 Å². The molecule has 3 nitrogen and oxygen atoms in total. The van der Waals surface area contributed by atoms with Gasteiger partial charge in [0.2, 0.25) is 0 Å². The van der Waals surface area contributed by atoms with Crippen molar-refractivity contribution in [1.29, 1.82) is 0 Å². The molecular weight excluding hydrogens is 234 g/mol. The highest BCUT2D eigenvalue weighted by Gasteiger charge is 2.20. The first-order chi connectivity index (χ1) is 8.08. The third-order valence-corrected chi connectivity index (χ3v) is 3.10. The normalized spacial score (nSPS) is 12.9. The number of nitrogens with one attached hydrogen (secondary N) is 1. The number of H-pyrrole nitrogens is 1. The van der Waals surface area contributed by atoms with Crippen LogP contribution in [-0.2, 0) is 0 Å². The van der Waals surface area contributed by atoms with Gasteiger partial charge in [-0.15, -0.1) is 0 Å². The number of rotatable bonds is 3. The summed E-state index contributed by atoms with van der Waals surface area (Å²) in [5, 5.41) is 7.73. The molecule has 1 unspecified atom stereocenters. The van der Waals surface area contributed by atoms with Gasteiger partial charge < -0.3 is 5.73 Å². The lowest BCUT2D eigenvalue weighted by Crippen LogP contribution is -2.09. The fraction of sp³-hybridized carbons (Fsp3) is 0.308. The second-order valence-corrected chi connectivity index (χ2v) is 4.96. The number of anilines is 1. The smallest absolute Gasteiger partial charge is 0.145 e. The SMILES string of the molecule is CC(C)C(c1ccc(Cl)cc1)c1cc(N)n[nH]1. The molecule has 17 heavy (non-hydrogen) atoms. The van der Waals surface area contributed by atoms with E-state index < -0.39 is 0 Å². The van der Waals surface area contributed by atoms with Crippen molar-refractivity contribution in [2.24, 2.45) is 5.92 Å². The Morgan fingerprint density at radius 3 is 2.35 bits per heavy atom. The van der Waals surface area contributed by atoms with Gasteiger partial charge in [-0.25, -0.2) is 0 Å². The van der Waals surface area contributed by atoms with Crippen LogP contribution in [-0.4, -0.2) is 10.2 Å². The molecule has 0 aliphatic carbocycles. The van der Waals surface area contributed by atoms with Gasteiger partial charge in [-0.2, -0.15) is 5.10 Å². The summed E-state index contributed by atoms with van der Waals surface area (Å²) in [7, 11) is 0. The van der Waals surface area contributed by atoms with Gasteiger partial charge in [0.05, 0.1) is 0 Å². The molecule has 0 aliphatic rings. The predicted octanol–water partition coefficient (Wildman–Crippen LogP) is 3.43. The van der Waals surface area contributed by atoms with Crippen molar-refractivity contribution in [2.45, 2.75) is 19.8 Å². The highest BCUT2D eigenvalue weighted by molar-refractivity contribution is 6.30. The Kier molecular flexibility index (Phi) is 3.38. The molecule has 0 amide bonds. The van der Waals surface area contributed by atoms with Crippen molar-refractivity contribution in [3.05, 3.63) is 46.6 Å². The maximum absolute atomic E-state index is 5.91. The Morgan fingerprint density at radius 2 is 1.88 bits per heavy atom. The van der Waals surface area contributed by atoms with Gasteiger partial charge in [0.15, 0.2) is 0 Å². The number of aromatic amines is 1. The average molecular weight is 250 g/mol. The van der Waals surface area contributed by atoms with Crippen LogP contribution in [0.25, 0.3) is 0 Å². The number of nitrogen functional groups attached to an aromatic ring is 1. The first-order valence-electron chi connectivity index (χ1n) is 5.64. The van der Waals surface area contributed by atoms with Crippen LogP contribution in [0.5, 0.6) is 0 Å². The highest BCUT2D eigenvalue weighted by atomic mass is 35.5. The van der Waals surface area contributed by atoms with E-state index in [-0.39, 0.29) is 5.92 Å². The minimum Gasteiger partial charge on any atom is -0.382 e. The third-order valence-electron chi connectivity index (χ3n) is 2.85. The third kappa shape index (κ3) is 2.61. The summed E-state index contributed by atoms with van der Waals surface area (Å²) >= 11 is 5.91. The summed E-state index contributed by atoms with van der Waals surface area (Å²) in [5.41, 5.74) is 7.91. The van der Waals surface area contributed by atoms with Crippen molar-refractivity contribution in [2.75, 3.05) is 5.73 Å². The lowest BCUT2D eigenvalue weighted by atomic mass is 9.86. The van der Waals surface area contributed by atoms with E-state index in [0.29, 0.717) is 11.7 Å². The van der Waals surface area contributed by atoms with Crippen LogP contribution in [0.4, 0.5) is 5.82 Å². The molecule has 0 saturated heterocycles. The van der Waals surface area contributed by atoms with E-state index in [0.717, 1.165) is 10.7 Å². The second kappa shape index (κ2) is 4.80. The standard InChI is InChI=1S/C13H16ClN3/c1-8(2)13(11-7-12(15)17-16-11)9-3-5-10(14)6-4-9/h3-8,13H,1-2H3,(H3,15,16,17).